The minimum atomic E-state index is -6.00. The van der Waals surface area contributed by atoms with E-state index in [-0.39, 0.29) is 26.9 Å². The number of aromatic carboxylic acids is 1. The summed E-state index contributed by atoms with van der Waals surface area (Å²) in [4.78, 5) is 10.8. The largest absolute Gasteiger partial charge is 0.673 e. The highest BCUT2D eigenvalue weighted by Crippen LogP contribution is 2.30. The Morgan fingerprint density at radius 2 is 1.00 bits per heavy atom. The summed E-state index contributed by atoms with van der Waals surface area (Å²) in [5.41, 5.74) is 0.562. The van der Waals surface area contributed by atoms with E-state index in [0.717, 1.165) is 24.3 Å². The maximum Gasteiger partial charge on any atom is 0.673 e. The van der Waals surface area contributed by atoms with Gasteiger partial charge in [0.1, 0.15) is 0 Å². The van der Waals surface area contributed by atoms with Gasteiger partial charge < -0.3 is 22.4 Å². The van der Waals surface area contributed by atoms with Crippen LogP contribution in [0.5, 0.6) is 0 Å². The second kappa shape index (κ2) is 9.88. The smallest absolute Gasteiger partial charge is 0.478 e. The molecule has 0 saturated carbocycles. The average Bonchev–Trinajstić information content (AvgIpc) is 2.71. The molecule has 34 heavy (non-hydrogen) atoms. The van der Waals surface area contributed by atoms with Crippen LogP contribution in [0.3, 0.4) is 0 Å². The number of carboxylic acids is 1. The van der Waals surface area contributed by atoms with Gasteiger partial charge in [-0.2, -0.15) is 16.8 Å². The summed E-state index contributed by atoms with van der Waals surface area (Å²) >= 11 is 0. The third-order valence-corrected chi connectivity index (χ3v) is 5.65. The summed E-state index contributed by atoms with van der Waals surface area (Å²) in [6.07, 6.45) is 0. The zero-order chi connectivity index (χ0) is 25.9. The molecule has 0 atom stereocenters. The molecule has 3 aromatic rings. The number of carbonyl (C=O) groups is 1. The minimum Gasteiger partial charge on any atom is -0.478 e. The first kappa shape index (κ1) is 26.9. The summed E-state index contributed by atoms with van der Waals surface area (Å²) in [6.45, 7) is 0. The predicted octanol–water partition coefficient (Wildman–Crippen LogP) is 4.39. The van der Waals surface area contributed by atoms with Crippen molar-refractivity contribution < 1.29 is 57.5 Å². The summed E-state index contributed by atoms with van der Waals surface area (Å²) in [7, 11) is -14.8. The lowest BCUT2D eigenvalue weighted by Crippen LogP contribution is -2.02. The number of rotatable bonds is 5. The van der Waals surface area contributed by atoms with Crippen LogP contribution in [-0.2, 0) is 20.2 Å². The van der Waals surface area contributed by atoms with Crippen molar-refractivity contribution in [3.05, 3.63) is 66.2 Å². The third-order valence-electron chi connectivity index (χ3n) is 3.91. The number of benzene rings is 2. The van der Waals surface area contributed by atoms with E-state index in [2.05, 4.69) is 0 Å². The highest BCUT2D eigenvalue weighted by atomic mass is 32.2. The number of halogens is 4. The van der Waals surface area contributed by atoms with Gasteiger partial charge in [0.2, 0.25) is 0 Å². The quantitative estimate of drug-likeness (QED) is 0.191. The maximum absolute atomic E-state index is 11.5. The van der Waals surface area contributed by atoms with Gasteiger partial charge in [0, 0.05) is 0 Å². The van der Waals surface area contributed by atoms with Gasteiger partial charge in [-0.3, -0.25) is 9.11 Å². The van der Waals surface area contributed by atoms with Gasteiger partial charge in [0.05, 0.1) is 38.6 Å². The van der Waals surface area contributed by atoms with Gasteiger partial charge >= 0.3 is 24.7 Å². The molecule has 0 saturated heterocycles. The normalized spacial score (nSPS) is 11.9. The van der Waals surface area contributed by atoms with E-state index in [9.17, 15) is 44.0 Å². The van der Waals surface area contributed by atoms with Gasteiger partial charge in [-0.15, -0.1) is 0 Å². The summed E-state index contributed by atoms with van der Waals surface area (Å²) in [5.74, 6) is -1.05. The third kappa shape index (κ3) is 7.91. The molecule has 0 spiro atoms. The van der Waals surface area contributed by atoms with E-state index in [4.69, 9.17) is 13.5 Å². The molecule has 0 aliphatic carbocycles. The Bertz CT molecular complexity index is 1310. The van der Waals surface area contributed by atoms with Gasteiger partial charge in [0.15, 0.2) is 0 Å². The lowest BCUT2D eigenvalue weighted by molar-refractivity contribution is 0.0696. The molecule has 0 aliphatic rings. The lowest BCUT2D eigenvalue weighted by atomic mass is 10.1. The van der Waals surface area contributed by atoms with Crippen molar-refractivity contribution in [3.8, 4) is 22.6 Å². The van der Waals surface area contributed by atoms with Crippen LogP contribution in [0.4, 0.5) is 17.3 Å². The van der Waals surface area contributed by atoms with Crippen LogP contribution >= 0.6 is 0 Å². The second-order valence-electron chi connectivity index (χ2n) is 6.37. The first-order valence-corrected chi connectivity index (χ1v) is 11.6. The fraction of sp³-hybridized carbons (Fsp3) is 0. The minimum absolute atomic E-state index is 0.0978. The van der Waals surface area contributed by atoms with Crippen molar-refractivity contribution >= 4 is 33.5 Å². The van der Waals surface area contributed by atoms with Crippen molar-refractivity contribution in [2.24, 2.45) is 0 Å². The first-order chi connectivity index (χ1) is 15.4. The van der Waals surface area contributed by atoms with Gasteiger partial charge in [-0.05, 0) is 48.5 Å². The molecule has 182 valence electrons. The Balaban J connectivity index is 0.000000739. The Morgan fingerprint density at radius 1 is 0.706 bits per heavy atom. The summed E-state index contributed by atoms with van der Waals surface area (Å²) < 4.78 is 107. The summed E-state index contributed by atoms with van der Waals surface area (Å²) in [5, 5.41) is 9.36. The second-order valence-corrected chi connectivity index (χ2v) is 9.22. The molecule has 0 radical (unpaired) electrons. The van der Waals surface area contributed by atoms with Crippen LogP contribution in [0.15, 0.2) is 74.9 Å². The molecule has 1 aromatic heterocycles. The fourth-order valence-electron chi connectivity index (χ4n) is 2.49. The van der Waals surface area contributed by atoms with Crippen LogP contribution in [0.25, 0.3) is 22.6 Å². The molecule has 1 heterocycles. The molecule has 3 N–H and O–H groups in total. The van der Waals surface area contributed by atoms with Crippen molar-refractivity contribution in [1.29, 1.82) is 0 Å². The Hall–Kier alpha value is -3.34. The molecule has 0 unspecified atom stereocenters. The van der Waals surface area contributed by atoms with Gasteiger partial charge in [0.25, 0.3) is 20.2 Å². The van der Waals surface area contributed by atoms with E-state index in [1.807, 2.05) is 0 Å². The van der Waals surface area contributed by atoms with Gasteiger partial charge in [-0.1, -0.05) is 0 Å². The lowest BCUT2D eigenvalue weighted by Gasteiger charge is -2.00. The van der Waals surface area contributed by atoms with Crippen LogP contribution in [0.1, 0.15) is 10.4 Å². The molecule has 3 rings (SSSR count). The van der Waals surface area contributed by atoms with Crippen LogP contribution in [0.2, 0.25) is 0 Å². The molecule has 0 fully saturated rings. The monoisotopic (exact) mass is 524 g/mol. The Labute approximate surface area is 189 Å². The molecule has 0 aliphatic heterocycles. The standard InChI is InChI=1S/C18H12O9S2.BF4/c19-18(20)13-9-16(11-1-5-14(6-2-11)28(21,22)23)27-17(10-13)12-3-7-15(8-4-12)29(24,25)26;2-1(3,4)5/h1-10H,(H2-,19,20,21,22,23,24,25,26);/q;-1/p+1. The number of carboxylic acid groups (broad SMARTS) is 1. The van der Waals surface area contributed by atoms with E-state index < -0.39 is 33.5 Å². The number of hydrogen-bond donors (Lipinski definition) is 3. The topological polar surface area (TPSA) is 157 Å². The fourth-order valence-corrected chi connectivity index (χ4v) is 3.45. The van der Waals surface area contributed by atoms with Crippen molar-refractivity contribution in [2.45, 2.75) is 9.79 Å². The average molecular weight is 524 g/mol. The van der Waals surface area contributed by atoms with E-state index in [0.29, 0.717) is 11.1 Å². The van der Waals surface area contributed by atoms with Gasteiger partial charge in [-0.25, -0.2) is 9.21 Å². The van der Waals surface area contributed by atoms with Crippen LogP contribution in [-0.4, -0.2) is 44.3 Å². The van der Waals surface area contributed by atoms with E-state index in [1.54, 1.807) is 0 Å². The Morgan fingerprint density at radius 3 is 1.24 bits per heavy atom. The van der Waals surface area contributed by atoms with Crippen molar-refractivity contribution in [3.63, 3.8) is 0 Å². The summed E-state index contributed by atoms with van der Waals surface area (Å²) in [6, 6.07) is 12.3. The van der Waals surface area contributed by atoms with Crippen molar-refractivity contribution in [1.82, 2.24) is 0 Å². The molecule has 2 aromatic carbocycles. The van der Waals surface area contributed by atoms with E-state index >= 15 is 0 Å². The SMILES string of the molecule is F[B-](F)(F)F.O=C(O)c1cc(-c2ccc(S(=O)(=O)O)cc2)[o+]c(-c2ccc(S(=O)(=O)O)cc2)c1. The molecule has 16 heteroatoms. The zero-order valence-corrected chi connectivity index (χ0v) is 18.1. The molecule has 0 amide bonds. The van der Waals surface area contributed by atoms with Crippen LogP contribution in [0, 0.1) is 0 Å². The molecular formula is C18H13BF4O9S2. The van der Waals surface area contributed by atoms with Crippen LogP contribution < -0.4 is 0 Å². The maximum atomic E-state index is 11.5. The Kier molecular flexibility index (Phi) is 7.82. The zero-order valence-electron chi connectivity index (χ0n) is 16.5. The van der Waals surface area contributed by atoms with E-state index in [1.165, 1.54) is 36.4 Å². The highest BCUT2D eigenvalue weighted by molar-refractivity contribution is 7.86. The molecular weight excluding hydrogens is 511 g/mol. The highest BCUT2D eigenvalue weighted by Gasteiger charge is 2.24. The van der Waals surface area contributed by atoms with Crippen molar-refractivity contribution in [2.75, 3.05) is 0 Å². The predicted molar refractivity (Wildman–Crippen MR) is 111 cm³/mol. The molecule has 9 nitrogen and oxygen atoms in total. The first-order valence-electron chi connectivity index (χ1n) is 8.70. The number of hydrogen-bond acceptors (Lipinski definition) is 5. The molecule has 0 bridgehead atoms.